The number of fused-ring (bicyclic) bond motifs is 3. The zero-order valence-electron chi connectivity index (χ0n) is 12.4. The van der Waals surface area contributed by atoms with Crippen molar-refractivity contribution in [3.05, 3.63) is 23.3 Å². The van der Waals surface area contributed by atoms with Crippen molar-refractivity contribution in [2.24, 2.45) is 0 Å². The minimum absolute atomic E-state index is 0.0413. The van der Waals surface area contributed by atoms with E-state index >= 15 is 0 Å². The van der Waals surface area contributed by atoms with Crippen molar-refractivity contribution in [2.45, 2.75) is 24.9 Å². The molecule has 1 amide bonds. The molecule has 2 heterocycles. The highest BCUT2D eigenvalue weighted by molar-refractivity contribution is 6.02. The molecule has 0 bridgehead atoms. The molecule has 3 rings (SSSR count). The summed E-state index contributed by atoms with van der Waals surface area (Å²) in [5.41, 5.74) is 2.53. The van der Waals surface area contributed by atoms with Gasteiger partial charge in [-0.1, -0.05) is 6.92 Å². The maximum absolute atomic E-state index is 12.1. The van der Waals surface area contributed by atoms with Crippen molar-refractivity contribution < 1.29 is 9.90 Å². The molecule has 2 aliphatic heterocycles. The molecule has 0 saturated carbocycles. The third kappa shape index (κ3) is 1.50. The molecule has 5 heteroatoms. The Kier molecular flexibility index (Phi) is 2.73. The Balaban J connectivity index is 2.24. The van der Waals surface area contributed by atoms with Crippen LogP contribution in [0.2, 0.25) is 0 Å². The van der Waals surface area contributed by atoms with Gasteiger partial charge in [0.05, 0.1) is 17.4 Å². The average Bonchev–Trinajstić information content (AvgIpc) is 2.83. The van der Waals surface area contributed by atoms with Crippen molar-refractivity contribution in [1.82, 2.24) is 10.2 Å². The van der Waals surface area contributed by atoms with Crippen molar-refractivity contribution in [1.29, 1.82) is 0 Å². The van der Waals surface area contributed by atoms with Crippen molar-refractivity contribution >= 4 is 11.6 Å². The van der Waals surface area contributed by atoms with Crippen molar-refractivity contribution in [3.63, 3.8) is 0 Å². The van der Waals surface area contributed by atoms with Gasteiger partial charge >= 0.3 is 0 Å². The van der Waals surface area contributed by atoms with Gasteiger partial charge in [-0.05, 0) is 31.2 Å². The SMILES string of the molecule is CNC(=O)c1cc(O)cc2c1N(C)[C@H]1N(C)CC[C@@]21C. The third-order valence-corrected chi connectivity index (χ3v) is 4.87. The lowest BCUT2D eigenvalue weighted by molar-refractivity contribution is 0.0963. The van der Waals surface area contributed by atoms with E-state index in [2.05, 4.69) is 29.1 Å². The Morgan fingerprint density at radius 1 is 1.45 bits per heavy atom. The average molecular weight is 275 g/mol. The number of phenols is 1. The highest BCUT2D eigenvalue weighted by Gasteiger charge is 2.53. The largest absolute Gasteiger partial charge is 0.508 e. The zero-order valence-corrected chi connectivity index (χ0v) is 12.4. The number of hydrogen-bond acceptors (Lipinski definition) is 4. The topological polar surface area (TPSA) is 55.8 Å². The summed E-state index contributed by atoms with van der Waals surface area (Å²) in [4.78, 5) is 16.6. The van der Waals surface area contributed by atoms with Crippen LogP contribution in [-0.4, -0.2) is 49.8 Å². The quantitative estimate of drug-likeness (QED) is 0.806. The Hall–Kier alpha value is -1.75. The number of nitrogens with zero attached hydrogens (tertiary/aromatic N) is 2. The lowest BCUT2D eigenvalue weighted by atomic mass is 9.81. The first kappa shape index (κ1) is 13.2. The van der Waals surface area contributed by atoms with Gasteiger partial charge in [-0.15, -0.1) is 0 Å². The Morgan fingerprint density at radius 3 is 2.80 bits per heavy atom. The highest BCUT2D eigenvalue weighted by atomic mass is 16.3. The molecule has 20 heavy (non-hydrogen) atoms. The molecule has 0 aromatic heterocycles. The van der Waals surface area contributed by atoms with Crippen LogP contribution in [0.3, 0.4) is 0 Å². The number of aromatic hydroxyl groups is 1. The van der Waals surface area contributed by atoms with Crippen LogP contribution in [0.4, 0.5) is 5.69 Å². The minimum atomic E-state index is -0.157. The van der Waals surface area contributed by atoms with Gasteiger partial charge in [-0.2, -0.15) is 0 Å². The molecule has 1 saturated heterocycles. The van der Waals surface area contributed by atoms with Crippen LogP contribution < -0.4 is 10.2 Å². The van der Waals surface area contributed by atoms with Crippen LogP contribution >= 0.6 is 0 Å². The van der Waals surface area contributed by atoms with Crippen LogP contribution in [0.5, 0.6) is 5.75 Å². The van der Waals surface area contributed by atoms with Gasteiger partial charge in [0.1, 0.15) is 5.75 Å². The number of anilines is 1. The summed E-state index contributed by atoms with van der Waals surface area (Å²) >= 11 is 0. The standard InChI is InChI=1S/C15H21N3O2/c1-15-5-6-17(3)14(15)18(4)12-10(13(20)16-2)7-9(19)8-11(12)15/h7-8,14,19H,5-6H2,1-4H3,(H,16,20)/t14-,15+/m1/s1. The number of phenolic OH excluding ortho intramolecular Hbond substituents is 1. The molecule has 0 aliphatic carbocycles. The molecule has 0 radical (unpaired) electrons. The van der Waals surface area contributed by atoms with E-state index in [0.717, 1.165) is 24.2 Å². The van der Waals surface area contributed by atoms with E-state index in [1.807, 2.05) is 13.1 Å². The number of hydrogen-bond donors (Lipinski definition) is 2. The molecule has 1 aromatic carbocycles. The molecular formula is C15H21N3O2. The number of likely N-dealkylation sites (tertiary alicyclic amines) is 1. The lowest BCUT2D eigenvalue weighted by Crippen LogP contribution is -2.45. The van der Waals surface area contributed by atoms with E-state index in [9.17, 15) is 9.90 Å². The Morgan fingerprint density at radius 2 is 2.15 bits per heavy atom. The van der Waals surface area contributed by atoms with E-state index in [1.54, 1.807) is 13.1 Å². The summed E-state index contributed by atoms with van der Waals surface area (Å²) in [6.45, 7) is 3.24. The molecular weight excluding hydrogens is 254 g/mol. The number of benzene rings is 1. The monoisotopic (exact) mass is 275 g/mol. The fraction of sp³-hybridized carbons (Fsp3) is 0.533. The summed E-state index contributed by atoms with van der Waals surface area (Å²) in [5.74, 6) is 0.00223. The molecule has 0 spiro atoms. The van der Waals surface area contributed by atoms with Crippen LogP contribution in [0.1, 0.15) is 29.3 Å². The normalized spacial score (nSPS) is 28.4. The summed E-state index contributed by atoms with van der Waals surface area (Å²) in [6.07, 6.45) is 1.27. The second-order valence-corrected chi connectivity index (χ2v) is 6.10. The zero-order chi connectivity index (χ0) is 14.7. The van der Waals surface area contributed by atoms with Crippen LogP contribution in [0.15, 0.2) is 12.1 Å². The number of amides is 1. The fourth-order valence-corrected chi connectivity index (χ4v) is 4.01. The first-order chi connectivity index (χ1) is 9.40. The molecule has 1 fully saturated rings. The number of carbonyl (C=O) groups is 1. The second kappa shape index (κ2) is 4.12. The van der Waals surface area contributed by atoms with Gasteiger partial charge in [0.2, 0.25) is 0 Å². The van der Waals surface area contributed by atoms with Gasteiger partial charge in [0, 0.05) is 26.1 Å². The van der Waals surface area contributed by atoms with E-state index in [1.165, 1.54) is 0 Å². The summed E-state index contributed by atoms with van der Waals surface area (Å²) in [6, 6.07) is 3.37. The summed E-state index contributed by atoms with van der Waals surface area (Å²) in [5, 5.41) is 12.7. The van der Waals surface area contributed by atoms with Gasteiger partial charge in [-0.25, -0.2) is 0 Å². The molecule has 2 N–H and O–H groups in total. The van der Waals surface area contributed by atoms with E-state index in [-0.39, 0.29) is 23.2 Å². The minimum Gasteiger partial charge on any atom is -0.508 e. The van der Waals surface area contributed by atoms with E-state index in [0.29, 0.717) is 5.56 Å². The fourth-order valence-electron chi connectivity index (χ4n) is 4.01. The number of likely N-dealkylation sites (N-methyl/N-ethyl adjacent to an activating group) is 2. The highest BCUT2D eigenvalue weighted by Crippen LogP contribution is 2.53. The molecule has 1 aromatic rings. The number of nitrogens with one attached hydrogen (secondary N) is 1. The predicted octanol–water partition coefficient (Wildman–Crippen LogP) is 1.12. The van der Waals surface area contributed by atoms with E-state index in [4.69, 9.17) is 0 Å². The Labute approximate surface area is 119 Å². The van der Waals surface area contributed by atoms with Gasteiger partial charge in [-0.3, -0.25) is 9.69 Å². The number of carbonyl (C=O) groups excluding carboxylic acids is 1. The van der Waals surface area contributed by atoms with Crippen LogP contribution in [0.25, 0.3) is 0 Å². The summed E-state index contributed by atoms with van der Waals surface area (Å²) < 4.78 is 0. The predicted molar refractivity (Wildman–Crippen MR) is 78.3 cm³/mol. The van der Waals surface area contributed by atoms with Crippen LogP contribution in [0, 0.1) is 0 Å². The maximum atomic E-state index is 12.1. The first-order valence-corrected chi connectivity index (χ1v) is 6.93. The summed E-state index contributed by atoms with van der Waals surface area (Å²) in [7, 11) is 5.75. The van der Waals surface area contributed by atoms with Crippen molar-refractivity contribution in [3.8, 4) is 5.75 Å². The van der Waals surface area contributed by atoms with E-state index < -0.39 is 0 Å². The molecule has 2 atom stereocenters. The van der Waals surface area contributed by atoms with Gasteiger partial charge in [0.25, 0.3) is 5.91 Å². The van der Waals surface area contributed by atoms with Gasteiger partial charge < -0.3 is 15.3 Å². The molecule has 0 unspecified atom stereocenters. The first-order valence-electron chi connectivity index (χ1n) is 6.93. The number of rotatable bonds is 1. The van der Waals surface area contributed by atoms with Gasteiger partial charge in [0.15, 0.2) is 0 Å². The molecule has 108 valence electrons. The second-order valence-electron chi connectivity index (χ2n) is 6.10. The smallest absolute Gasteiger partial charge is 0.253 e. The molecule has 5 nitrogen and oxygen atoms in total. The van der Waals surface area contributed by atoms with Crippen LogP contribution in [-0.2, 0) is 5.41 Å². The Bertz CT molecular complexity index is 587. The molecule has 2 aliphatic rings. The van der Waals surface area contributed by atoms with Crippen molar-refractivity contribution in [2.75, 3.05) is 32.6 Å². The lowest BCUT2D eigenvalue weighted by Gasteiger charge is -2.32. The maximum Gasteiger partial charge on any atom is 0.253 e. The third-order valence-electron chi connectivity index (χ3n) is 4.87.